The van der Waals surface area contributed by atoms with E-state index in [-0.39, 0.29) is 12.4 Å². The van der Waals surface area contributed by atoms with Crippen LogP contribution in [0.1, 0.15) is 75.9 Å². The number of hydrogen-bond acceptors (Lipinski definition) is 9. The van der Waals surface area contributed by atoms with Gasteiger partial charge in [0.15, 0.2) is 5.65 Å². The minimum atomic E-state index is -0.567. The fourth-order valence-corrected chi connectivity index (χ4v) is 4.33. The molecule has 5 rings (SSSR count). The number of rotatable bonds is 7. The zero-order valence-corrected chi connectivity index (χ0v) is 22.9. The smallest absolute Gasteiger partial charge is 0.316 e. The monoisotopic (exact) mass is 536 g/mol. The van der Waals surface area contributed by atoms with Gasteiger partial charge in [0.25, 0.3) is 0 Å². The number of anilines is 1. The van der Waals surface area contributed by atoms with Crippen LogP contribution in [0.4, 0.5) is 10.5 Å². The van der Waals surface area contributed by atoms with E-state index < -0.39 is 6.03 Å². The van der Waals surface area contributed by atoms with Crippen molar-refractivity contribution >= 4 is 23.3 Å². The van der Waals surface area contributed by atoms with E-state index in [0.717, 1.165) is 29.7 Å². The average molecular weight is 537 g/mol. The molecule has 0 aliphatic heterocycles. The van der Waals surface area contributed by atoms with Gasteiger partial charge in [0.1, 0.15) is 5.69 Å². The summed E-state index contributed by atoms with van der Waals surface area (Å²) in [5, 5.41) is 10.8. The molecule has 1 fully saturated rings. The summed E-state index contributed by atoms with van der Waals surface area (Å²) >= 11 is 0. The number of nitrogens with zero attached hydrogens (tertiary/aromatic N) is 6. The Morgan fingerprint density at radius 2 is 1.95 bits per heavy atom. The van der Waals surface area contributed by atoms with Gasteiger partial charge in [-0.15, -0.1) is 0 Å². The second kappa shape index (κ2) is 14.6. The van der Waals surface area contributed by atoms with Crippen LogP contribution in [0.3, 0.4) is 0 Å². The molecule has 0 saturated heterocycles. The molecular weight excluding hydrogens is 500 g/mol. The standard InChI is InChI=1S/C13H15N3O3.C12H15N5O.C2H6/c1-3-18-11(17)7-6-10-15-13(16-19-10)12-9(2)5-4-8-14-12;13-12(18)16-9-7-14-10-5-6-15-17(10)11(9)8-3-1-2-4-8;1-2/h4-5,8H,3,6-7H2,1-2H3;5-8H,1-4H2,(H3,13,16,18);1-2H3. The normalized spacial score (nSPS) is 12.7. The van der Waals surface area contributed by atoms with E-state index >= 15 is 0 Å². The highest BCUT2D eigenvalue weighted by molar-refractivity contribution is 5.88. The lowest BCUT2D eigenvalue weighted by Crippen LogP contribution is -2.22. The minimum absolute atomic E-state index is 0.233. The van der Waals surface area contributed by atoms with E-state index in [2.05, 4.69) is 30.5 Å². The number of ether oxygens (including phenoxy) is 1. The molecule has 0 aromatic carbocycles. The molecule has 1 aliphatic carbocycles. The van der Waals surface area contributed by atoms with Crippen molar-refractivity contribution in [3.05, 3.63) is 53.9 Å². The molecule has 0 radical (unpaired) electrons. The number of esters is 1. The summed E-state index contributed by atoms with van der Waals surface area (Å²) < 4.78 is 11.7. The van der Waals surface area contributed by atoms with Crippen molar-refractivity contribution in [2.45, 2.75) is 72.1 Å². The molecule has 4 aromatic rings. The molecule has 2 amide bonds. The number of amides is 2. The number of pyridine rings is 1. The summed E-state index contributed by atoms with van der Waals surface area (Å²) in [5.74, 6) is 0.999. The molecule has 1 aliphatic rings. The highest BCUT2D eigenvalue weighted by Crippen LogP contribution is 2.37. The van der Waals surface area contributed by atoms with E-state index in [1.165, 1.54) is 12.8 Å². The van der Waals surface area contributed by atoms with Crippen LogP contribution in [-0.2, 0) is 16.0 Å². The largest absolute Gasteiger partial charge is 0.466 e. The number of aryl methyl sites for hydroxylation is 2. The number of aromatic nitrogens is 6. The Morgan fingerprint density at radius 3 is 2.64 bits per heavy atom. The van der Waals surface area contributed by atoms with E-state index in [0.29, 0.717) is 42.0 Å². The van der Waals surface area contributed by atoms with Gasteiger partial charge in [-0.05, 0) is 38.3 Å². The number of hydrogen-bond donors (Lipinski definition) is 2. The van der Waals surface area contributed by atoms with Gasteiger partial charge in [0.2, 0.25) is 11.7 Å². The van der Waals surface area contributed by atoms with Gasteiger partial charge >= 0.3 is 12.0 Å². The van der Waals surface area contributed by atoms with Gasteiger partial charge in [0.05, 0.1) is 36.8 Å². The SMILES string of the molecule is CC.CCOC(=O)CCc1nc(-c2ncccc2C)no1.NC(=O)Nc1cnc2ccnn2c1C1CCCC1. The molecule has 0 bridgehead atoms. The summed E-state index contributed by atoms with van der Waals surface area (Å²) in [4.78, 5) is 35.0. The first-order valence-corrected chi connectivity index (χ1v) is 13.3. The highest BCUT2D eigenvalue weighted by Gasteiger charge is 2.24. The molecule has 12 nitrogen and oxygen atoms in total. The second-order valence-corrected chi connectivity index (χ2v) is 8.61. The lowest BCUT2D eigenvalue weighted by atomic mass is 10.0. The molecule has 39 heavy (non-hydrogen) atoms. The van der Waals surface area contributed by atoms with Gasteiger partial charge in [-0.25, -0.2) is 14.3 Å². The molecular formula is C27H36N8O4. The molecule has 4 aromatic heterocycles. The fraction of sp³-hybridized carbons (Fsp3) is 0.444. The summed E-state index contributed by atoms with van der Waals surface area (Å²) in [6.07, 6.45) is 10.3. The third kappa shape index (κ3) is 7.82. The Kier molecular flexibility index (Phi) is 10.9. The van der Waals surface area contributed by atoms with Gasteiger partial charge in [-0.3, -0.25) is 9.78 Å². The maximum Gasteiger partial charge on any atom is 0.316 e. The first-order chi connectivity index (χ1) is 19.0. The van der Waals surface area contributed by atoms with Gasteiger partial charge in [-0.2, -0.15) is 10.1 Å². The maximum absolute atomic E-state index is 11.2. The number of nitrogens with two attached hydrogens (primary N) is 1. The third-order valence-electron chi connectivity index (χ3n) is 5.99. The second-order valence-electron chi connectivity index (χ2n) is 8.61. The fourth-order valence-electron chi connectivity index (χ4n) is 4.33. The summed E-state index contributed by atoms with van der Waals surface area (Å²) in [5.41, 5.74) is 9.35. The van der Waals surface area contributed by atoms with Crippen LogP contribution in [0.15, 0.2) is 41.3 Å². The van der Waals surface area contributed by atoms with E-state index in [9.17, 15) is 9.59 Å². The van der Waals surface area contributed by atoms with E-state index in [1.807, 2.05) is 39.0 Å². The van der Waals surface area contributed by atoms with E-state index in [1.54, 1.807) is 30.0 Å². The van der Waals surface area contributed by atoms with Crippen LogP contribution < -0.4 is 11.1 Å². The van der Waals surface area contributed by atoms with Crippen LogP contribution in [0, 0.1) is 6.92 Å². The maximum atomic E-state index is 11.2. The Morgan fingerprint density at radius 1 is 1.18 bits per heavy atom. The Labute approximate surface area is 227 Å². The first kappa shape index (κ1) is 29.2. The molecule has 4 heterocycles. The molecule has 3 N–H and O–H groups in total. The molecule has 1 saturated carbocycles. The lowest BCUT2D eigenvalue weighted by molar-refractivity contribution is -0.143. The quantitative estimate of drug-likeness (QED) is 0.314. The molecule has 0 atom stereocenters. The molecule has 0 unspecified atom stereocenters. The minimum Gasteiger partial charge on any atom is -0.466 e. The predicted octanol–water partition coefficient (Wildman–Crippen LogP) is 4.84. The van der Waals surface area contributed by atoms with Crippen LogP contribution in [0.5, 0.6) is 0 Å². The molecule has 12 heteroatoms. The number of nitrogens with one attached hydrogen (secondary N) is 1. The number of carbonyl (C=O) groups excluding carboxylic acids is 2. The van der Waals surface area contributed by atoms with Crippen molar-refractivity contribution in [2.24, 2.45) is 5.73 Å². The molecule has 0 spiro atoms. The predicted molar refractivity (Wildman–Crippen MR) is 146 cm³/mol. The van der Waals surface area contributed by atoms with Gasteiger partial charge in [0, 0.05) is 24.6 Å². The summed E-state index contributed by atoms with van der Waals surface area (Å²) in [7, 11) is 0. The average Bonchev–Trinajstić information content (AvgIpc) is 3.71. The van der Waals surface area contributed by atoms with Crippen LogP contribution in [0.25, 0.3) is 17.2 Å². The van der Waals surface area contributed by atoms with Gasteiger partial charge < -0.3 is 20.3 Å². The van der Waals surface area contributed by atoms with Crippen LogP contribution >= 0.6 is 0 Å². The molecule has 208 valence electrons. The van der Waals surface area contributed by atoms with E-state index in [4.69, 9.17) is 15.0 Å². The summed E-state index contributed by atoms with van der Waals surface area (Å²) in [6, 6.07) is 5.06. The summed E-state index contributed by atoms with van der Waals surface area (Å²) in [6.45, 7) is 8.07. The van der Waals surface area contributed by atoms with Crippen LogP contribution in [-0.4, -0.2) is 48.3 Å². The van der Waals surface area contributed by atoms with Crippen molar-refractivity contribution in [3.8, 4) is 11.5 Å². The number of urea groups is 1. The lowest BCUT2D eigenvalue weighted by Gasteiger charge is -2.16. The number of carbonyl (C=O) groups is 2. The Bertz CT molecular complexity index is 1360. The number of fused-ring (bicyclic) bond motifs is 1. The first-order valence-electron chi connectivity index (χ1n) is 13.3. The van der Waals surface area contributed by atoms with Crippen molar-refractivity contribution < 1.29 is 18.8 Å². The van der Waals surface area contributed by atoms with Crippen molar-refractivity contribution in [3.63, 3.8) is 0 Å². The van der Waals surface area contributed by atoms with Crippen LogP contribution in [0.2, 0.25) is 0 Å². The van der Waals surface area contributed by atoms with Crippen molar-refractivity contribution in [1.82, 2.24) is 29.7 Å². The Hall–Kier alpha value is -4.35. The zero-order chi connectivity index (χ0) is 28.2. The highest BCUT2D eigenvalue weighted by atomic mass is 16.5. The third-order valence-corrected chi connectivity index (χ3v) is 5.99. The topological polar surface area (TPSA) is 163 Å². The van der Waals surface area contributed by atoms with Gasteiger partial charge in [-0.1, -0.05) is 37.9 Å². The Balaban J connectivity index is 0.000000203. The number of primary amides is 1. The van der Waals surface area contributed by atoms with Crippen molar-refractivity contribution in [1.29, 1.82) is 0 Å². The zero-order valence-electron chi connectivity index (χ0n) is 22.9. The van der Waals surface area contributed by atoms with Crippen molar-refractivity contribution in [2.75, 3.05) is 11.9 Å².